The number of nitrogens with zero attached hydrogens (tertiary/aromatic N) is 2. The molecule has 0 saturated carbocycles. The molecule has 1 aromatic rings. The topological polar surface area (TPSA) is 85.1 Å². The van der Waals surface area contributed by atoms with Crippen molar-refractivity contribution in [3.05, 3.63) is 11.7 Å². The molecule has 1 fully saturated rings. The van der Waals surface area contributed by atoms with Gasteiger partial charge in [-0.05, 0) is 26.3 Å². The van der Waals surface area contributed by atoms with Crippen molar-refractivity contribution in [1.82, 2.24) is 15.5 Å². The molecule has 0 amide bonds. The van der Waals surface area contributed by atoms with Crippen LogP contribution >= 0.6 is 0 Å². The van der Waals surface area contributed by atoms with Gasteiger partial charge in [0.1, 0.15) is 5.25 Å². The van der Waals surface area contributed by atoms with Gasteiger partial charge in [-0.1, -0.05) is 11.6 Å². The summed E-state index contributed by atoms with van der Waals surface area (Å²) < 4.78 is 27.9. The van der Waals surface area contributed by atoms with Crippen molar-refractivity contribution in [2.45, 2.75) is 37.5 Å². The molecule has 17 heavy (non-hydrogen) atoms. The third-order valence-electron chi connectivity index (χ3n) is 3.07. The number of sulfone groups is 1. The molecular formula is C10H17N3O3S. The Hall–Kier alpha value is -0.950. The van der Waals surface area contributed by atoms with Crippen LogP contribution in [0.4, 0.5) is 0 Å². The van der Waals surface area contributed by atoms with E-state index >= 15 is 0 Å². The third-order valence-corrected chi connectivity index (χ3v) is 4.57. The van der Waals surface area contributed by atoms with E-state index in [0.717, 1.165) is 25.8 Å². The van der Waals surface area contributed by atoms with E-state index in [4.69, 9.17) is 4.52 Å². The third kappa shape index (κ3) is 2.84. The van der Waals surface area contributed by atoms with Crippen molar-refractivity contribution >= 4 is 9.84 Å². The summed E-state index contributed by atoms with van der Waals surface area (Å²) in [4.78, 5) is 4.18. The molecule has 1 N–H and O–H groups in total. The molecule has 96 valence electrons. The monoisotopic (exact) mass is 259 g/mol. The Balaban J connectivity index is 2.15. The standard InChI is InChI=1S/C10H17N3O3S/c1-7(17(2,14)15)9-12-10(16-13-9)8-5-3-4-6-11-8/h7-8,11H,3-6H2,1-2H3/t7?,8-/m0/s1. The van der Waals surface area contributed by atoms with Crippen LogP contribution in [0.2, 0.25) is 0 Å². The highest BCUT2D eigenvalue weighted by Gasteiger charge is 2.26. The fourth-order valence-electron chi connectivity index (χ4n) is 1.81. The second kappa shape index (κ2) is 4.73. The second-order valence-electron chi connectivity index (χ2n) is 4.47. The van der Waals surface area contributed by atoms with Gasteiger partial charge in [-0.2, -0.15) is 4.98 Å². The van der Waals surface area contributed by atoms with Crippen molar-refractivity contribution in [2.24, 2.45) is 0 Å². The zero-order valence-electron chi connectivity index (χ0n) is 10.0. The van der Waals surface area contributed by atoms with Crippen LogP contribution in [0.5, 0.6) is 0 Å². The summed E-state index contributed by atoms with van der Waals surface area (Å²) in [5.74, 6) is 0.741. The van der Waals surface area contributed by atoms with Crippen LogP contribution in [0.15, 0.2) is 4.52 Å². The minimum Gasteiger partial charge on any atom is -0.338 e. The first-order valence-corrected chi connectivity index (χ1v) is 7.69. The van der Waals surface area contributed by atoms with Crippen molar-refractivity contribution in [2.75, 3.05) is 12.8 Å². The Morgan fingerprint density at radius 1 is 1.47 bits per heavy atom. The van der Waals surface area contributed by atoms with E-state index in [-0.39, 0.29) is 11.9 Å². The summed E-state index contributed by atoms with van der Waals surface area (Å²) in [5.41, 5.74) is 0. The van der Waals surface area contributed by atoms with Gasteiger partial charge in [0.05, 0.1) is 6.04 Å². The fourth-order valence-corrected chi connectivity index (χ4v) is 2.29. The van der Waals surface area contributed by atoms with Gasteiger partial charge in [0.2, 0.25) is 5.89 Å². The molecular weight excluding hydrogens is 242 g/mol. The van der Waals surface area contributed by atoms with Gasteiger partial charge in [-0.15, -0.1) is 0 Å². The molecule has 2 heterocycles. The minimum atomic E-state index is -3.18. The van der Waals surface area contributed by atoms with E-state index in [1.807, 2.05) is 0 Å². The first-order chi connectivity index (χ1) is 7.98. The van der Waals surface area contributed by atoms with Crippen molar-refractivity contribution in [3.63, 3.8) is 0 Å². The van der Waals surface area contributed by atoms with Crippen molar-refractivity contribution in [1.29, 1.82) is 0 Å². The summed E-state index contributed by atoms with van der Waals surface area (Å²) in [5, 5.41) is 6.31. The number of hydrogen-bond acceptors (Lipinski definition) is 6. The molecule has 1 aromatic heterocycles. The van der Waals surface area contributed by atoms with Gasteiger partial charge in [-0.25, -0.2) is 8.42 Å². The molecule has 0 bridgehead atoms. The number of hydrogen-bond donors (Lipinski definition) is 1. The molecule has 2 rings (SSSR count). The van der Waals surface area contributed by atoms with Crippen LogP contribution < -0.4 is 5.32 Å². The molecule has 7 heteroatoms. The molecule has 0 spiro atoms. The Labute approximate surface area is 101 Å². The highest BCUT2D eigenvalue weighted by molar-refractivity contribution is 7.90. The molecule has 1 saturated heterocycles. The quantitative estimate of drug-likeness (QED) is 0.871. The molecule has 0 radical (unpaired) electrons. The Morgan fingerprint density at radius 3 is 2.82 bits per heavy atom. The van der Waals surface area contributed by atoms with E-state index in [0.29, 0.717) is 5.89 Å². The van der Waals surface area contributed by atoms with Gasteiger partial charge >= 0.3 is 0 Å². The van der Waals surface area contributed by atoms with E-state index < -0.39 is 15.1 Å². The maximum Gasteiger partial charge on any atom is 0.243 e. The normalized spacial score (nSPS) is 23.5. The van der Waals surface area contributed by atoms with E-state index in [1.54, 1.807) is 6.92 Å². The summed E-state index contributed by atoms with van der Waals surface area (Å²) in [7, 11) is -3.18. The van der Waals surface area contributed by atoms with Crippen LogP contribution in [0.3, 0.4) is 0 Å². The lowest BCUT2D eigenvalue weighted by atomic mass is 10.1. The van der Waals surface area contributed by atoms with E-state index in [2.05, 4.69) is 15.5 Å². The summed E-state index contributed by atoms with van der Waals surface area (Å²) >= 11 is 0. The average molecular weight is 259 g/mol. The second-order valence-corrected chi connectivity index (χ2v) is 6.83. The summed E-state index contributed by atoms with van der Waals surface area (Å²) in [6.07, 6.45) is 4.40. The number of piperidine rings is 1. The van der Waals surface area contributed by atoms with Crippen LogP contribution in [0, 0.1) is 0 Å². The van der Waals surface area contributed by atoms with Crippen molar-refractivity contribution in [3.8, 4) is 0 Å². The van der Waals surface area contributed by atoms with E-state index in [1.165, 1.54) is 6.26 Å². The maximum absolute atomic E-state index is 11.4. The van der Waals surface area contributed by atoms with Crippen LogP contribution in [-0.2, 0) is 9.84 Å². The van der Waals surface area contributed by atoms with Crippen LogP contribution in [0.1, 0.15) is 49.2 Å². The van der Waals surface area contributed by atoms with Crippen LogP contribution in [0.25, 0.3) is 0 Å². The lowest BCUT2D eigenvalue weighted by Crippen LogP contribution is -2.27. The van der Waals surface area contributed by atoms with Gasteiger partial charge in [0.15, 0.2) is 15.7 Å². The van der Waals surface area contributed by atoms with Gasteiger partial charge in [0, 0.05) is 6.26 Å². The zero-order chi connectivity index (χ0) is 12.5. The number of rotatable bonds is 3. The molecule has 0 aromatic carbocycles. The Bertz CT molecular complexity index is 477. The smallest absolute Gasteiger partial charge is 0.243 e. The summed E-state index contributed by atoms with van der Waals surface area (Å²) in [6.45, 7) is 2.50. The number of aromatic nitrogens is 2. The molecule has 1 aliphatic rings. The largest absolute Gasteiger partial charge is 0.338 e. The first-order valence-electron chi connectivity index (χ1n) is 5.74. The Morgan fingerprint density at radius 2 is 2.24 bits per heavy atom. The SMILES string of the molecule is CC(c1noc([C@@H]2CCCCN2)n1)S(C)(=O)=O. The van der Waals surface area contributed by atoms with Gasteiger partial charge < -0.3 is 9.84 Å². The first kappa shape index (κ1) is 12.5. The Kier molecular flexibility index (Phi) is 3.48. The predicted molar refractivity (Wildman–Crippen MR) is 62.2 cm³/mol. The van der Waals surface area contributed by atoms with E-state index in [9.17, 15) is 8.42 Å². The minimum absolute atomic E-state index is 0.0664. The lowest BCUT2D eigenvalue weighted by Gasteiger charge is -2.19. The highest BCUT2D eigenvalue weighted by Crippen LogP contribution is 2.24. The molecule has 6 nitrogen and oxygen atoms in total. The molecule has 2 atom stereocenters. The van der Waals surface area contributed by atoms with Crippen LogP contribution in [-0.4, -0.2) is 31.4 Å². The predicted octanol–water partition coefficient (Wildman–Crippen LogP) is 0.990. The van der Waals surface area contributed by atoms with Gasteiger partial charge in [0.25, 0.3) is 0 Å². The molecule has 1 unspecified atom stereocenters. The zero-order valence-corrected chi connectivity index (χ0v) is 10.8. The van der Waals surface area contributed by atoms with Gasteiger partial charge in [-0.3, -0.25) is 0 Å². The molecule has 0 aliphatic carbocycles. The summed E-state index contributed by atoms with van der Waals surface area (Å²) in [6, 6.07) is 0.0664. The maximum atomic E-state index is 11.4. The highest BCUT2D eigenvalue weighted by atomic mass is 32.2. The average Bonchev–Trinajstić information content (AvgIpc) is 2.77. The molecule has 1 aliphatic heterocycles. The van der Waals surface area contributed by atoms with Crippen molar-refractivity contribution < 1.29 is 12.9 Å². The number of nitrogens with one attached hydrogen (secondary N) is 1. The fraction of sp³-hybridized carbons (Fsp3) is 0.800. The lowest BCUT2D eigenvalue weighted by molar-refractivity contribution is 0.296.